The molecule has 1 saturated carbocycles. The lowest BCUT2D eigenvalue weighted by Gasteiger charge is -2.29. The molecule has 0 bridgehead atoms. The molecule has 68 valence electrons. The highest BCUT2D eigenvalue weighted by molar-refractivity contribution is 5.73. The lowest BCUT2D eigenvalue weighted by molar-refractivity contribution is 0.0771. The average molecular weight is 168 g/mol. The maximum atomic E-state index is 5.48. The first kappa shape index (κ1) is 7.90. The van der Waals surface area contributed by atoms with Crippen LogP contribution in [0.5, 0.6) is 0 Å². The van der Waals surface area contributed by atoms with Crippen LogP contribution in [0.3, 0.4) is 0 Å². The van der Waals surface area contributed by atoms with Crippen LogP contribution in [-0.2, 0) is 4.74 Å². The lowest BCUT2D eigenvalue weighted by Crippen LogP contribution is -2.33. The summed E-state index contributed by atoms with van der Waals surface area (Å²) in [7, 11) is 0. The number of nitrogens with two attached hydrogens (primary N) is 1. The van der Waals surface area contributed by atoms with Crippen molar-refractivity contribution in [2.45, 2.75) is 38.7 Å². The second-order valence-corrected chi connectivity index (χ2v) is 4.15. The Kier molecular flexibility index (Phi) is 1.74. The molecule has 2 rings (SSSR count). The van der Waals surface area contributed by atoms with Crippen LogP contribution in [0, 0.1) is 5.41 Å². The Labute approximate surface area is 73.0 Å². The summed E-state index contributed by atoms with van der Waals surface area (Å²) in [6.45, 7) is 3.06. The van der Waals surface area contributed by atoms with Crippen LogP contribution in [0.2, 0.25) is 0 Å². The van der Waals surface area contributed by atoms with Crippen LogP contribution in [0.15, 0.2) is 4.99 Å². The highest BCUT2D eigenvalue weighted by Crippen LogP contribution is 2.42. The zero-order valence-corrected chi connectivity index (χ0v) is 7.55. The summed E-state index contributed by atoms with van der Waals surface area (Å²) in [6, 6.07) is 0.383. The van der Waals surface area contributed by atoms with Gasteiger partial charge >= 0.3 is 0 Å². The summed E-state index contributed by atoms with van der Waals surface area (Å²) in [6.07, 6.45) is 5.44. The molecule has 3 nitrogen and oxygen atoms in total. The van der Waals surface area contributed by atoms with Gasteiger partial charge < -0.3 is 10.5 Å². The molecule has 1 atom stereocenters. The largest absolute Gasteiger partial charge is 0.460 e. The predicted octanol–water partition coefficient (Wildman–Crippen LogP) is 1.28. The van der Waals surface area contributed by atoms with Gasteiger partial charge in [0.25, 0.3) is 6.02 Å². The van der Waals surface area contributed by atoms with E-state index in [9.17, 15) is 0 Å². The van der Waals surface area contributed by atoms with E-state index in [1.54, 1.807) is 0 Å². The second-order valence-electron chi connectivity index (χ2n) is 4.15. The van der Waals surface area contributed by atoms with Crippen molar-refractivity contribution < 1.29 is 4.74 Å². The molecule has 1 aliphatic heterocycles. The molecule has 2 N–H and O–H groups in total. The molecule has 0 aromatic heterocycles. The first-order valence-corrected chi connectivity index (χ1v) is 4.67. The average Bonchev–Trinajstić information content (AvgIpc) is 2.59. The zero-order chi connectivity index (χ0) is 8.60. The van der Waals surface area contributed by atoms with Crippen molar-refractivity contribution in [2.24, 2.45) is 16.1 Å². The maximum absolute atomic E-state index is 5.48. The van der Waals surface area contributed by atoms with Crippen molar-refractivity contribution in [2.75, 3.05) is 6.54 Å². The van der Waals surface area contributed by atoms with E-state index in [0.29, 0.717) is 11.4 Å². The molecule has 1 unspecified atom stereocenters. The van der Waals surface area contributed by atoms with Crippen LogP contribution in [-0.4, -0.2) is 18.7 Å². The fourth-order valence-corrected chi connectivity index (χ4v) is 2.26. The van der Waals surface area contributed by atoms with Crippen LogP contribution < -0.4 is 5.73 Å². The monoisotopic (exact) mass is 168 g/mol. The smallest absolute Gasteiger partial charge is 0.282 e. The molecule has 0 aromatic carbocycles. The topological polar surface area (TPSA) is 47.6 Å². The number of hydrogen-bond donors (Lipinski definition) is 1. The number of ether oxygens (including phenoxy) is 1. The van der Waals surface area contributed by atoms with E-state index in [0.717, 1.165) is 6.54 Å². The summed E-state index contributed by atoms with van der Waals surface area (Å²) < 4.78 is 5.48. The van der Waals surface area contributed by atoms with Crippen LogP contribution in [0.4, 0.5) is 0 Å². The highest BCUT2D eigenvalue weighted by atomic mass is 16.5. The first-order chi connectivity index (χ1) is 5.71. The molecule has 1 aliphatic carbocycles. The molecule has 0 radical (unpaired) electrons. The van der Waals surface area contributed by atoms with Gasteiger partial charge in [-0.25, -0.2) is 4.99 Å². The SMILES string of the molecule is CC1(C2CN=C(N)O2)CCCC1. The molecule has 12 heavy (non-hydrogen) atoms. The van der Waals surface area contributed by atoms with Gasteiger partial charge in [0, 0.05) is 5.41 Å². The van der Waals surface area contributed by atoms with Crippen molar-refractivity contribution in [3.63, 3.8) is 0 Å². The van der Waals surface area contributed by atoms with Gasteiger partial charge in [0.1, 0.15) is 6.10 Å². The summed E-state index contributed by atoms with van der Waals surface area (Å²) >= 11 is 0. The summed E-state index contributed by atoms with van der Waals surface area (Å²) in [5.41, 5.74) is 5.82. The third-order valence-corrected chi connectivity index (χ3v) is 3.20. The molecule has 0 aromatic rings. The molecule has 0 spiro atoms. The number of rotatable bonds is 1. The normalized spacial score (nSPS) is 33.1. The van der Waals surface area contributed by atoms with Crippen molar-refractivity contribution in [1.29, 1.82) is 0 Å². The molecule has 1 heterocycles. The quantitative estimate of drug-likeness (QED) is 0.641. The van der Waals surface area contributed by atoms with E-state index in [1.807, 2.05) is 0 Å². The Balaban J connectivity index is 2.01. The first-order valence-electron chi connectivity index (χ1n) is 4.67. The number of hydrogen-bond acceptors (Lipinski definition) is 3. The summed E-state index contributed by atoms with van der Waals surface area (Å²) in [5, 5.41) is 0. The van der Waals surface area contributed by atoms with E-state index in [-0.39, 0.29) is 6.10 Å². The molecular formula is C9H16N2O. The molecule has 2 aliphatic rings. The van der Waals surface area contributed by atoms with Gasteiger partial charge in [0.2, 0.25) is 0 Å². The maximum Gasteiger partial charge on any atom is 0.282 e. The Morgan fingerprint density at radius 3 is 2.67 bits per heavy atom. The predicted molar refractivity (Wildman–Crippen MR) is 47.9 cm³/mol. The summed E-state index contributed by atoms with van der Waals surface area (Å²) in [5.74, 6) is 0. The van der Waals surface area contributed by atoms with Crippen LogP contribution in [0.1, 0.15) is 32.6 Å². The van der Waals surface area contributed by atoms with Gasteiger partial charge in [-0.15, -0.1) is 0 Å². The van der Waals surface area contributed by atoms with Crippen molar-refractivity contribution in [1.82, 2.24) is 0 Å². The van der Waals surface area contributed by atoms with E-state index >= 15 is 0 Å². The number of amidine groups is 1. The molecular weight excluding hydrogens is 152 g/mol. The third-order valence-electron chi connectivity index (χ3n) is 3.20. The minimum atomic E-state index is 0.250. The number of nitrogens with zero attached hydrogens (tertiary/aromatic N) is 1. The zero-order valence-electron chi connectivity index (χ0n) is 7.55. The van der Waals surface area contributed by atoms with Gasteiger partial charge in [-0.3, -0.25) is 0 Å². The van der Waals surface area contributed by atoms with Gasteiger partial charge in [-0.05, 0) is 12.8 Å². The van der Waals surface area contributed by atoms with Crippen LogP contribution in [0.25, 0.3) is 0 Å². The van der Waals surface area contributed by atoms with Crippen molar-refractivity contribution in [3.8, 4) is 0 Å². The fraction of sp³-hybridized carbons (Fsp3) is 0.889. The fourth-order valence-electron chi connectivity index (χ4n) is 2.26. The van der Waals surface area contributed by atoms with Crippen molar-refractivity contribution >= 4 is 6.02 Å². The van der Waals surface area contributed by atoms with Crippen molar-refractivity contribution in [3.05, 3.63) is 0 Å². The van der Waals surface area contributed by atoms with E-state index in [2.05, 4.69) is 11.9 Å². The summed E-state index contributed by atoms with van der Waals surface area (Å²) in [4.78, 5) is 4.08. The molecule has 0 amide bonds. The Bertz CT molecular complexity index is 207. The number of aliphatic imine (C=N–C) groups is 1. The Hall–Kier alpha value is -0.730. The Morgan fingerprint density at radius 1 is 1.50 bits per heavy atom. The minimum Gasteiger partial charge on any atom is -0.460 e. The second kappa shape index (κ2) is 2.64. The highest BCUT2D eigenvalue weighted by Gasteiger charge is 2.40. The Morgan fingerprint density at radius 2 is 2.17 bits per heavy atom. The van der Waals surface area contributed by atoms with E-state index in [4.69, 9.17) is 10.5 Å². The van der Waals surface area contributed by atoms with E-state index < -0.39 is 0 Å². The van der Waals surface area contributed by atoms with Crippen LogP contribution >= 0.6 is 0 Å². The lowest BCUT2D eigenvalue weighted by atomic mass is 9.82. The van der Waals surface area contributed by atoms with Gasteiger partial charge in [0.15, 0.2) is 0 Å². The van der Waals surface area contributed by atoms with Gasteiger partial charge in [-0.2, -0.15) is 0 Å². The van der Waals surface area contributed by atoms with E-state index in [1.165, 1.54) is 25.7 Å². The third kappa shape index (κ3) is 1.17. The molecule has 0 saturated heterocycles. The standard InChI is InChI=1S/C9H16N2O/c1-9(4-2-3-5-9)7-6-11-8(10)12-7/h7H,2-6H2,1H3,(H2,10,11). The van der Waals surface area contributed by atoms with Gasteiger partial charge in [-0.1, -0.05) is 19.8 Å². The van der Waals surface area contributed by atoms with Gasteiger partial charge in [0.05, 0.1) is 6.54 Å². The molecule has 3 heteroatoms. The molecule has 1 fully saturated rings. The minimum absolute atomic E-state index is 0.250.